The van der Waals surface area contributed by atoms with Crippen LogP contribution in [-0.4, -0.2) is 20.4 Å². The lowest BCUT2D eigenvalue weighted by Crippen LogP contribution is -2.60. The Kier molecular flexibility index (Phi) is 10.2. The SMILES string of the molecule is CC(C)c1ccc(-n2c3cc(C(C)C)ccc3c3c4c5cc(C(C)C)ccc5n5c4c(cc32)B2c3c-5ccc4c3-n3c5c2cc(C(C)(C)C)cc5c2cc(C(C)(C)C)cc(c23)C42c3cc(C(C)(C)C)ccc3-c3ccc(C(C)(C)C)cc32)cc1. The van der Waals surface area contributed by atoms with Gasteiger partial charge in [-0.1, -0.05) is 210 Å². The normalized spacial score (nSPS) is 14.9. The first-order valence-electron chi connectivity index (χ1n) is 31.5. The van der Waals surface area contributed by atoms with Crippen LogP contribution in [0, 0.1) is 0 Å². The van der Waals surface area contributed by atoms with Gasteiger partial charge in [-0.05, 0) is 183 Å². The molecule has 0 bridgehead atoms. The third-order valence-corrected chi connectivity index (χ3v) is 21.0. The van der Waals surface area contributed by atoms with Gasteiger partial charge in [-0.2, -0.15) is 0 Å². The Balaban J connectivity index is 1.16. The molecule has 16 rings (SSSR count). The lowest BCUT2D eigenvalue weighted by molar-refractivity contribution is 0.583. The standard InChI is InChI=1S/C80H80BN3/c1-42(2)45-19-25-52(26-20-45)82-67-34-47(44(5)6)21-27-55(67)69-68(82)41-64-75-70(69)58-33-46(43(3)4)22-31-65(58)83(75)66-32-30-59-74-71(66)81(64)63-40-51(79(16,17)18)36-57-56-35-50(78(13,14)15)39-62(72(56)84(74)73(57)63)80(59)60-37-48(76(7,8)9)23-28-53(60)54-29-24-49(38-61(54)80)77(10,11)12/h19-44H,1-18H3. The Labute approximate surface area is 497 Å². The highest BCUT2D eigenvalue weighted by Gasteiger charge is 2.55. The Morgan fingerprint density at radius 2 is 0.893 bits per heavy atom. The van der Waals surface area contributed by atoms with Gasteiger partial charge < -0.3 is 13.7 Å². The van der Waals surface area contributed by atoms with Gasteiger partial charge in [0, 0.05) is 54.9 Å². The number of aromatic nitrogens is 3. The van der Waals surface area contributed by atoms with E-state index in [1.807, 2.05) is 0 Å². The molecule has 9 aromatic carbocycles. The minimum absolute atomic E-state index is 0.0677. The van der Waals surface area contributed by atoms with Gasteiger partial charge in [-0.3, -0.25) is 0 Å². The fourth-order valence-corrected chi connectivity index (χ4v) is 16.2. The van der Waals surface area contributed by atoms with Crippen LogP contribution in [-0.2, 0) is 27.1 Å². The van der Waals surface area contributed by atoms with E-state index in [-0.39, 0.29) is 28.4 Å². The van der Waals surface area contributed by atoms with Crippen LogP contribution in [0.1, 0.15) is 204 Å². The Bertz CT molecular complexity index is 4890. The molecule has 84 heavy (non-hydrogen) atoms. The van der Waals surface area contributed by atoms with Crippen molar-refractivity contribution in [2.75, 3.05) is 0 Å². The minimum atomic E-state index is -0.635. The Hall–Kier alpha value is -7.56. The zero-order valence-electron chi connectivity index (χ0n) is 52.9. The summed E-state index contributed by atoms with van der Waals surface area (Å²) in [5.74, 6) is 1.18. The molecule has 0 fully saturated rings. The van der Waals surface area contributed by atoms with E-state index in [1.165, 1.54) is 171 Å². The van der Waals surface area contributed by atoms with Crippen molar-refractivity contribution in [1.82, 2.24) is 13.7 Å². The predicted octanol–water partition coefficient (Wildman–Crippen LogP) is 19.4. The average molecular weight is 1090 g/mol. The second kappa shape index (κ2) is 16.4. The van der Waals surface area contributed by atoms with Gasteiger partial charge in [-0.25, -0.2) is 0 Å². The van der Waals surface area contributed by atoms with Crippen molar-refractivity contribution < 1.29 is 0 Å². The summed E-state index contributed by atoms with van der Waals surface area (Å²) in [4.78, 5) is 0. The summed E-state index contributed by atoms with van der Waals surface area (Å²) in [7, 11) is 0. The van der Waals surface area contributed by atoms with Crippen molar-refractivity contribution in [2.24, 2.45) is 0 Å². The zero-order chi connectivity index (χ0) is 58.7. The van der Waals surface area contributed by atoms with E-state index >= 15 is 0 Å². The summed E-state index contributed by atoms with van der Waals surface area (Å²) < 4.78 is 8.21. The molecule has 418 valence electrons. The van der Waals surface area contributed by atoms with E-state index in [1.54, 1.807) is 0 Å². The maximum atomic E-state index is 2.83. The van der Waals surface area contributed by atoms with E-state index in [4.69, 9.17) is 0 Å². The first-order valence-corrected chi connectivity index (χ1v) is 31.5. The van der Waals surface area contributed by atoms with Gasteiger partial charge in [0.15, 0.2) is 0 Å². The molecule has 0 saturated heterocycles. The topological polar surface area (TPSA) is 14.8 Å². The lowest BCUT2D eigenvalue weighted by Gasteiger charge is -2.45. The molecule has 3 nitrogen and oxygen atoms in total. The maximum absolute atomic E-state index is 2.83. The fourth-order valence-electron chi connectivity index (χ4n) is 16.2. The van der Waals surface area contributed by atoms with Gasteiger partial charge in [0.1, 0.15) is 0 Å². The number of hydrogen-bond acceptors (Lipinski definition) is 0. The molecule has 4 aliphatic rings. The zero-order valence-corrected chi connectivity index (χ0v) is 52.9. The maximum Gasteiger partial charge on any atom is 0.252 e. The molecule has 0 amide bonds. The number of nitrogens with zero attached hydrogens (tertiary/aromatic N) is 3. The molecule has 0 saturated carbocycles. The summed E-state index contributed by atoms with van der Waals surface area (Å²) in [6.07, 6.45) is 0. The highest BCUT2D eigenvalue weighted by molar-refractivity contribution is 7.00. The summed E-state index contributed by atoms with van der Waals surface area (Å²) >= 11 is 0. The van der Waals surface area contributed by atoms with Crippen molar-refractivity contribution in [3.05, 3.63) is 201 Å². The van der Waals surface area contributed by atoms with Crippen molar-refractivity contribution in [2.45, 2.75) is 169 Å². The second-order valence-corrected chi connectivity index (χ2v) is 31.2. The highest BCUT2D eigenvalue weighted by atomic mass is 15.1. The second-order valence-electron chi connectivity index (χ2n) is 31.2. The predicted molar refractivity (Wildman–Crippen MR) is 362 cm³/mol. The molecule has 0 N–H and O–H groups in total. The van der Waals surface area contributed by atoms with E-state index in [0.29, 0.717) is 17.8 Å². The number of fused-ring (bicyclic) bond motifs is 18. The van der Waals surface area contributed by atoms with E-state index in [0.717, 1.165) is 0 Å². The van der Waals surface area contributed by atoms with Crippen molar-refractivity contribution in [1.29, 1.82) is 0 Å². The fraction of sp³-hybridized carbons (Fsp3) is 0.325. The first kappa shape index (κ1) is 52.0. The number of hydrogen-bond donors (Lipinski definition) is 0. The summed E-state index contributed by atoms with van der Waals surface area (Å²) in [6, 6.07) is 58.0. The van der Waals surface area contributed by atoms with Crippen LogP contribution < -0.4 is 16.4 Å². The van der Waals surface area contributed by atoms with Crippen LogP contribution in [0.5, 0.6) is 0 Å². The lowest BCUT2D eigenvalue weighted by atomic mass is 9.33. The van der Waals surface area contributed by atoms with Gasteiger partial charge in [0.25, 0.3) is 6.71 Å². The van der Waals surface area contributed by atoms with E-state index in [2.05, 4.69) is 278 Å². The molecular formula is C80H80BN3. The molecular weight excluding hydrogens is 1010 g/mol. The molecule has 0 unspecified atom stereocenters. The smallest absolute Gasteiger partial charge is 0.252 e. The molecule has 3 aliphatic heterocycles. The Morgan fingerprint density at radius 1 is 0.357 bits per heavy atom. The highest BCUT2D eigenvalue weighted by Crippen LogP contribution is 2.63. The van der Waals surface area contributed by atoms with Crippen molar-refractivity contribution in [3.8, 4) is 28.2 Å². The summed E-state index contributed by atoms with van der Waals surface area (Å²) in [5.41, 5.74) is 32.9. The van der Waals surface area contributed by atoms with Gasteiger partial charge in [0.05, 0.1) is 33.0 Å². The van der Waals surface area contributed by atoms with Crippen LogP contribution >= 0.6 is 0 Å². The third kappa shape index (κ3) is 6.56. The Morgan fingerprint density at radius 3 is 1.49 bits per heavy atom. The number of rotatable bonds is 4. The molecule has 1 spiro atoms. The van der Waals surface area contributed by atoms with Crippen LogP contribution in [0.15, 0.2) is 140 Å². The van der Waals surface area contributed by atoms with E-state index in [9.17, 15) is 0 Å². The molecule has 1 aliphatic carbocycles. The van der Waals surface area contributed by atoms with Crippen LogP contribution in [0.3, 0.4) is 0 Å². The van der Waals surface area contributed by atoms with Crippen LogP contribution in [0.2, 0.25) is 0 Å². The molecule has 12 aromatic rings. The number of benzene rings is 9. The largest absolute Gasteiger partial charge is 0.310 e. The first-order chi connectivity index (χ1) is 39.7. The average Bonchev–Trinajstić information content (AvgIpc) is 1.41. The van der Waals surface area contributed by atoms with Crippen LogP contribution in [0.25, 0.3) is 93.6 Å². The molecule has 3 aromatic heterocycles. The summed E-state index contributed by atoms with van der Waals surface area (Å²) in [5, 5.41) is 8.10. The minimum Gasteiger partial charge on any atom is -0.310 e. The molecule has 0 atom stereocenters. The third-order valence-electron chi connectivity index (χ3n) is 21.0. The summed E-state index contributed by atoms with van der Waals surface area (Å²) in [6.45, 7) is 42.8. The monoisotopic (exact) mass is 1090 g/mol. The molecule has 0 radical (unpaired) electrons. The molecule has 4 heteroatoms. The van der Waals surface area contributed by atoms with Gasteiger partial charge in [0.2, 0.25) is 0 Å². The molecule has 6 heterocycles. The van der Waals surface area contributed by atoms with Crippen LogP contribution in [0.4, 0.5) is 0 Å². The van der Waals surface area contributed by atoms with Crippen molar-refractivity contribution in [3.63, 3.8) is 0 Å². The van der Waals surface area contributed by atoms with E-state index < -0.39 is 5.41 Å². The van der Waals surface area contributed by atoms with Gasteiger partial charge >= 0.3 is 0 Å². The van der Waals surface area contributed by atoms with Gasteiger partial charge in [-0.15, -0.1) is 0 Å². The van der Waals surface area contributed by atoms with Crippen molar-refractivity contribution >= 4 is 88.5 Å². The quantitative estimate of drug-likeness (QED) is 0.156.